The van der Waals surface area contributed by atoms with Crippen molar-refractivity contribution in [2.24, 2.45) is 11.3 Å². The minimum atomic E-state index is 0.516. The number of pyridine rings is 1. The van der Waals surface area contributed by atoms with Gasteiger partial charge in [-0.1, -0.05) is 33.3 Å². The smallest absolute Gasteiger partial charge is 0.128 e. The zero-order valence-corrected chi connectivity index (χ0v) is 15.4. The highest BCUT2D eigenvalue weighted by atomic mass is 15.3. The Morgan fingerprint density at radius 1 is 1.13 bits per heavy atom. The fourth-order valence-corrected chi connectivity index (χ4v) is 4.25. The number of piperazine rings is 1. The summed E-state index contributed by atoms with van der Waals surface area (Å²) < 4.78 is 0. The van der Waals surface area contributed by atoms with Crippen molar-refractivity contribution in [3.8, 4) is 0 Å². The summed E-state index contributed by atoms with van der Waals surface area (Å²) in [6, 6.07) is 5.16. The second-order valence-corrected chi connectivity index (χ2v) is 8.22. The van der Waals surface area contributed by atoms with Gasteiger partial charge in [0, 0.05) is 38.4 Å². The highest BCUT2D eigenvalue weighted by molar-refractivity contribution is 5.39. The maximum Gasteiger partial charge on any atom is 0.128 e. The molecule has 3 nitrogen and oxygen atoms in total. The number of anilines is 1. The lowest BCUT2D eigenvalue weighted by atomic mass is 9.76. The molecule has 0 N–H and O–H groups in total. The van der Waals surface area contributed by atoms with Gasteiger partial charge in [0.1, 0.15) is 5.82 Å². The van der Waals surface area contributed by atoms with Crippen molar-refractivity contribution in [3.05, 3.63) is 23.9 Å². The van der Waals surface area contributed by atoms with E-state index in [0.29, 0.717) is 5.41 Å². The van der Waals surface area contributed by atoms with Crippen LogP contribution in [0, 0.1) is 18.3 Å². The zero-order chi connectivity index (χ0) is 16.4. The average molecular weight is 316 g/mol. The van der Waals surface area contributed by atoms with Crippen LogP contribution in [0.2, 0.25) is 0 Å². The van der Waals surface area contributed by atoms with Gasteiger partial charge in [-0.25, -0.2) is 4.98 Å². The molecule has 2 aliphatic rings. The van der Waals surface area contributed by atoms with Crippen LogP contribution in [0.25, 0.3) is 0 Å². The third-order valence-electron chi connectivity index (χ3n) is 6.47. The largest absolute Gasteiger partial charge is 0.354 e. The van der Waals surface area contributed by atoms with E-state index in [9.17, 15) is 0 Å². The fraction of sp³-hybridized carbons (Fsp3) is 0.750. The van der Waals surface area contributed by atoms with Crippen molar-refractivity contribution in [1.29, 1.82) is 0 Å². The second-order valence-electron chi connectivity index (χ2n) is 8.22. The molecule has 0 aromatic carbocycles. The first-order chi connectivity index (χ1) is 11.0. The van der Waals surface area contributed by atoms with E-state index >= 15 is 0 Å². The Hall–Kier alpha value is -1.09. The molecular weight excluding hydrogens is 282 g/mol. The van der Waals surface area contributed by atoms with Crippen molar-refractivity contribution in [2.75, 3.05) is 31.1 Å². The number of aryl methyl sites for hydroxylation is 1. The molecule has 3 rings (SSSR count). The molecule has 128 valence electrons. The Kier molecular flexibility index (Phi) is 4.96. The van der Waals surface area contributed by atoms with E-state index in [1.165, 1.54) is 44.3 Å². The molecule has 0 radical (unpaired) electrons. The Balaban J connectivity index is 1.53. The SMILES string of the molecule is CCC(C)(C)C1CC[C@@H](N2CCN(c3ccc(C)cn3)CC2)C1. The maximum atomic E-state index is 4.59. The van der Waals surface area contributed by atoms with Crippen LogP contribution >= 0.6 is 0 Å². The van der Waals surface area contributed by atoms with Crippen LogP contribution in [0.4, 0.5) is 5.82 Å². The standard InChI is InChI=1S/C20H33N3/c1-5-20(3,4)17-7-8-18(14-17)22-10-12-23(13-11-22)19-9-6-16(2)15-21-19/h6,9,15,17-18H,5,7-8,10-14H2,1-4H3/t17?,18-/m1/s1. The summed E-state index contributed by atoms with van der Waals surface area (Å²) in [5.41, 5.74) is 1.76. The van der Waals surface area contributed by atoms with Gasteiger partial charge < -0.3 is 4.90 Å². The molecule has 1 saturated heterocycles. The summed E-state index contributed by atoms with van der Waals surface area (Å²) in [4.78, 5) is 9.78. The first kappa shape index (κ1) is 16.8. The van der Waals surface area contributed by atoms with Gasteiger partial charge in [-0.3, -0.25) is 4.90 Å². The Morgan fingerprint density at radius 2 is 1.87 bits per heavy atom. The lowest BCUT2D eigenvalue weighted by molar-refractivity contribution is 0.158. The molecule has 1 aromatic rings. The summed E-state index contributed by atoms with van der Waals surface area (Å²) in [7, 11) is 0. The molecule has 0 spiro atoms. The number of aromatic nitrogens is 1. The van der Waals surface area contributed by atoms with Crippen molar-refractivity contribution in [1.82, 2.24) is 9.88 Å². The minimum Gasteiger partial charge on any atom is -0.354 e. The van der Waals surface area contributed by atoms with Gasteiger partial charge in [-0.2, -0.15) is 0 Å². The van der Waals surface area contributed by atoms with Crippen LogP contribution in [0.15, 0.2) is 18.3 Å². The molecule has 0 amide bonds. The summed E-state index contributed by atoms with van der Waals surface area (Å²) in [5, 5.41) is 0. The van der Waals surface area contributed by atoms with Crippen LogP contribution in [0.1, 0.15) is 52.0 Å². The number of hydrogen-bond acceptors (Lipinski definition) is 3. The Bertz CT molecular complexity index is 500. The van der Waals surface area contributed by atoms with Crippen LogP contribution in [-0.2, 0) is 0 Å². The molecule has 23 heavy (non-hydrogen) atoms. The van der Waals surface area contributed by atoms with Gasteiger partial charge in [0.25, 0.3) is 0 Å². The van der Waals surface area contributed by atoms with Gasteiger partial charge in [-0.15, -0.1) is 0 Å². The normalized spacial score (nSPS) is 26.7. The molecule has 1 aliphatic carbocycles. The first-order valence-electron chi connectivity index (χ1n) is 9.41. The average Bonchev–Trinajstić information content (AvgIpc) is 3.07. The van der Waals surface area contributed by atoms with E-state index in [0.717, 1.165) is 30.9 Å². The van der Waals surface area contributed by atoms with Gasteiger partial charge in [0.05, 0.1) is 0 Å². The maximum absolute atomic E-state index is 4.59. The van der Waals surface area contributed by atoms with Crippen LogP contribution in [0.5, 0.6) is 0 Å². The molecule has 1 unspecified atom stereocenters. The number of hydrogen-bond donors (Lipinski definition) is 0. The van der Waals surface area contributed by atoms with Crippen LogP contribution in [-0.4, -0.2) is 42.1 Å². The van der Waals surface area contributed by atoms with Crippen molar-refractivity contribution in [2.45, 2.75) is 59.4 Å². The topological polar surface area (TPSA) is 19.4 Å². The minimum absolute atomic E-state index is 0.516. The lowest BCUT2D eigenvalue weighted by Crippen LogP contribution is -2.50. The molecule has 2 fully saturated rings. The molecular formula is C20H33N3. The first-order valence-corrected chi connectivity index (χ1v) is 9.41. The van der Waals surface area contributed by atoms with E-state index < -0.39 is 0 Å². The van der Waals surface area contributed by atoms with E-state index in [1.54, 1.807) is 0 Å². The zero-order valence-electron chi connectivity index (χ0n) is 15.4. The fourth-order valence-electron chi connectivity index (χ4n) is 4.25. The molecule has 1 saturated carbocycles. The Morgan fingerprint density at radius 3 is 2.48 bits per heavy atom. The third kappa shape index (κ3) is 3.71. The van der Waals surface area contributed by atoms with E-state index in [1.807, 2.05) is 6.20 Å². The van der Waals surface area contributed by atoms with Gasteiger partial charge in [0.2, 0.25) is 0 Å². The van der Waals surface area contributed by atoms with Crippen molar-refractivity contribution >= 4 is 5.82 Å². The molecule has 1 aromatic heterocycles. The number of nitrogens with zero attached hydrogens (tertiary/aromatic N) is 3. The summed E-state index contributed by atoms with van der Waals surface area (Å²) in [6.07, 6.45) is 7.51. The molecule has 2 heterocycles. The van der Waals surface area contributed by atoms with E-state index in [-0.39, 0.29) is 0 Å². The Labute approximate surface area is 142 Å². The number of rotatable bonds is 4. The summed E-state index contributed by atoms with van der Waals surface area (Å²) in [5.74, 6) is 2.06. The van der Waals surface area contributed by atoms with E-state index in [4.69, 9.17) is 0 Å². The van der Waals surface area contributed by atoms with Crippen LogP contribution in [0.3, 0.4) is 0 Å². The molecule has 2 atom stereocenters. The predicted molar refractivity (Wildman–Crippen MR) is 98.0 cm³/mol. The van der Waals surface area contributed by atoms with Gasteiger partial charge >= 0.3 is 0 Å². The molecule has 1 aliphatic heterocycles. The van der Waals surface area contributed by atoms with Gasteiger partial charge in [0.15, 0.2) is 0 Å². The van der Waals surface area contributed by atoms with Crippen LogP contribution < -0.4 is 4.90 Å². The second kappa shape index (κ2) is 6.80. The quantitative estimate of drug-likeness (QED) is 0.833. The predicted octanol–water partition coefficient (Wildman–Crippen LogP) is 4.12. The van der Waals surface area contributed by atoms with Gasteiger partial charge in [-0.05, 0) is 49.1 Å². The molecule has 3 heteroatoms. The third-order valence-corrected chi connectivity index (χ3v) is 6.47. The highest BCUT2D eigenvalue weighted by Gasteiger charge is 2.37. The summed E-state index contributed by atoms with van der Waals surface area (Å²) >= 11 is 0. The van der Waals surface area contributed by atoms with E-state index in [2.05, 4.69) is 54.6 Å². The molecule has 0 bridgehead atoms. The van der Waals surface area contributed by atoms with Crippen molar-refractivity contribution in [3.63, 3.8) is 0 Å². The van der Waals surface area contributed by atoms with Crippen molar-refractivity contribution < 1.29 is 0 Å². The highest BCUT2D eigenvalue weighted by Crippen LogP contribution is 2.43. The lowest BCUT2D eigenvalue weighted by Gasteiger charge is -2.39. The monoisotopic (exact) mass is 315 g/mol. The summed E-state index contributed by atoms with van der Waals surface area (Å²) in [6.45, 7) is 14.0.